The lowest BCUT2D eigenvalue weighted by Gasteiger charge is -2.41. The predicted octanol–water partition coefficient (Wildman–Crippen LogP) is 3.01. The van der Waals surface area contributed by atoms with Crippen molar-refractivity contribution in [1.29, 1.82) is 0 Å². The quantitative estimate of drug-likeness (QED) is 0.480. The lowest BCUT2D eigenvalue weighted by molar-refractivity contribution is -0.759. The number of fused-ring (bicyclic) bond motifs is 4. The van der Waals surface area contributed by atoms with E-state index in [0.717, 1.165) is 6.07 Å². The highest BCUT2D eigenvalue weighted by molar-refractivity contribution is 5.87. The first-order chi connectivity index (χ1) is 14.3. The molecule has 2 aliphatic heterocycles. The molecule has 2 aromatic heterocycles. The first kappa shape index (κ1) is 18.9. The normalized spacial score (nSPS) is 24.6. The molecule has 0 N–H and O–H groups in total. The molecule has 3 atom stereocenters. The van der Waals surface area contributed by atoms with Crippen LogP contribution in [0.3, 0.4) is 0 Å². The SMILES string of the molecule is CCC1(C)C(C2Cn3c[n+](C)cc3C(=O)O2)c2cc(F)cc(F)c2-c2cccc[n+]21. The molecular weight excluding hydrogens is 388 g/mol. The van der Waals surface area contributed by atoms with Gasteiger partial charge in [-0.1, -0.05) is 6.92 Å². The number of pyridine rings is 1. The van der Waals surface area contributed by atoms with Crippen molar-refractivity contribution in [2.24, 2.45) is 7.05 Å². The van der Waals surface area contributed by atoms with Crippen molar-refractivity contribution in [2.75, 3.05) is 0 Å². The molecule has 0 saturated carbocycles. The number of rotatable bonds is 2. The van der Waals surface area contributed by atoms with Crippen LogP contribution in [0.2, 0.25) is 0 Å². The lowest BCUT2D eigenvalue weighted by Crippen LogP contribution is -2.64. The number of aromatic nitrogens is 3. The van der Waals surface area contributed by atoms with Gasteiger partial charge in [-0.3, -0.25) is 0 Å². The van der Waals surface area contributed by atoms with Crippen LogP contribution in [0.1, 0.15) is 42.2 Å². The molecule has 1 aromatic carbocycles. The van der Waals surface area contributed by atoms with Gasteiger partial charge in [-0.25, -0.2) is 22.7 Å². The molecule has 0 fully saturated rings. The smallest absolute Gasteiger partial charge is 0.382 e. The zero-order valence-electron chi connectivity index (χ0n) is 17.1. The van der Waals surface area contributed by atoms with E-state index in [1.807, 2.05) is 53.8 Å². The minimum Gasteiger partial charge on any atom is -0.451 e. The average molecular weight is 411 g/mol. The van der Waals surface area contributed by atoms with Gasteiger partial charge in [0.1, 0.15) is 24.4 Å². The van der Waals surface area contributed by atoms with E-state index in [1.165, 1.54) is 6.07 Å². The van der Waals surface area contributed by atoms with Gasteiger partial charge in [0.2, 0.25) is 12.0 Å². The standard InChI is InChI=1S/C23H23F2N3O2/c1-4-23(2)21(19-12-27-13-26(3)11-18(27)22(29)30-19)15-9-14(24)10-16(25)20(15)17-7-5-6-8-28(17)23/h5-11,13,19,21H,4,12H2,1-3H3/q+2. The molecule has 0 aliphatic carbocycles. The fourth-order valence-electron chi connectivity index (χ4n) is 5.18. The van der Waals surface area contributed by atoms with Gasteiger partial charge in [-0.05, 0) is 17.7 Å². The third kappa shape index (κ3) is 2.54. The number of esters is 1. The third-order valence-corrected chi connectivity index (χ3v) is 6.65. The van der Waals surface area contributed by atoms with Gasteiger partial charge in [0.15, 0.2) is 17.8 Å². The van der Waals surface area contributed by atoms with Crippen molar-refractivity contribution >= 4 is 5.97 Å². The summed E-state index contributed by atoms with van der Waals surface area (Å²) in [6.45, 7) is 4.53. The number of nitrogens with zero attached hydrogens (tertiary/aromatic N) is 3. The molecule has 0 spiro atoms. The topological polar surface area (TPSA) is 39.0 Å². The second-order valence-electron chi connectivity index (χ2n) is 8.39. The molecule has 154 valence electrons. The molecule has 0 radical (unpaired) electrons. The van der Waals surface area contributed by atoms with Crippen LogP contribution < -0.4 is 9.13 Å². The van der Waals surface area contributed by atoms with E-state index in [4.69, 9.17) is 4.74 Å². The molecule has 3 unspecified atom stereocenters. The van der Waals surface area contributed by atoms with Crippen molar-refractivity contribution in [2.45, 2.75) is 44.4 Å². The number of ether oxygens (including phenoxy) is 1. The summed E-state index contributed by atoms with van der Waals surface area (Å²) >= 11 is 0. The van der Waals surface area contributed by atoms with Gasteiger partial charge >= 0.3 is 5.97 Å². The molecule has 4 heterocycles. The van der Waals surface area contributed by atoms with Crippen molar-refractivity contribution in [1.82, 2.24) is 4.57 Å². The Morgan fingerprint density at radius 2 is 2.10 bits per heavy atom. The van der Waals surface area contributed by atoms with Crippen LogP contribution in [0.4, 0.5) is 8.78 Å². The average Bonchev–Trinajstić information content (AvgIpc) is 3.08. The Hall–Kier alpha value is -3.09. The van der Waals surface area contributed by atoms with Gasteiger partial charge in [-0.2, -0.15) is 4.57 Å². The molecule has 0 bridgehead atoms. The third-order valence-electron chi connectivity index (χ3n) is 6.65. The van der Waals surface area contributed by atoms with Crippen LogP contribution in [0.25, 0.3) is 11.3 Å². The van der Waals surface area contributed by atoms with Crippen LogP contribution in [0.15, 0.2) is 49.1 Å². The van der Waals surface area contributed by atoms with Crippen molar-refractivity contribution in [3.05, 3.63) is 71.9 Å². The number of cyclic esters (lactones) is 1. The number of imidazole rings is 1. The van der Waals surface area contributed by atoms with Crippen LogP contribution in [0.5, 0.6) is 0 Å². The highest BCUT2D eigenvalue weighted by Gasteiger charge is 2.56. The van der Waals surface area contributed by atoms with Crippen molar-refractivity contribution in [3.63, 3.8) is 0 Å². The molecule has 0 amide bonds. The van der Waals surface area contributed by atoms with Crippen molar-refractivity contribution < 1.29 is 27.4 Å². The lowest BCUT2D eigenvalue weighted by atomic mass is 9.70. The van der Waals surface area contributed by atoms with Gasteiger partial charge in [0, 0.05) is 31.5 Å². The van der Waals surface area contributed by atoms with E-state index in [9.17, 15) is 9.18 Å². The highest BCUT2D eigenvalue weighted by Crippen LogP contribution is 2.47. The van der Waals surface area contributed by atoms with Crippen LogP contribution in [-0.2, 0) is 23.9 Å². The van der Waals surface area contributed by atoms with Gasteiger partial charge in [0.05, 0.1) is 18.5 Å². The fraction of sp³-hybridized carbons (Fsp3) is 0.348. The number of carbonyl (C=O) groups excluding carboxylic acids is 1. The summed E-state index contributed by atoms with van der Waals surface area (Å²) in [5.74, 6) is -2.09. The monoisotopic (exact) mass is 411 g/mol. The Bertz CT molecular complexity index is 1190. The molecule has 7 heteroatoms. The highest BCUT2D eigenvalue weighted by atomic mass is 19.1. The maximum absolute atomic E-state index is 15.1. The van der Waals surface area contributed by atoms with Gasteiger partial charge < -0.3 is 4.74 Å². The van der Waals surface area contributed by atoms with Gasteiger partial charge in [0.25, 0.3) is 5.69 Å². The molecule has 5 nitrogen and oxygen atoms in total. The van der Waals surface area contributed by atoms with E-state index in [0.29, 0.717) is 35.5 Å². The Labute approximate surface area is 173 Å². The summed E-state index contributed by atoms with van der Waals surface area (Å²) < 4.78 is 41.0. The largest absolute Gasteiger partial charge is 0.451 e. The zero-order valence-corrected chi connectivity index (χ0v) is 17.1. The number of hydrogen-bond donors (Lipinski definition) is 0. The number of carbonyl (C=O) groups is 1. The maximum atomic E-state index is 15.1. The van der Waals surface area contributed by atoms with E-state index in [-0.39, 0.29) is 0 Å². The number of halogens is 2. The Morgan fingerprint density at radius 1 is 1.30 bits per heavy atom. The zero-order chi connectivity index (χ0) is 21.2. The number of benzene rings is 1. The summed E-state index contributed by atoms with van der Waals surface area (Å²) in [7, 11) is 1.84. The van der Waals surface area contributed by atoms with Crippen LogP contribution in [0, 0.1) is 11.6 Å². The number of aryl methyl sites for hydroxylation is 1. The Morgan fingerprint density at radius 3 is 2.87 bits per heavy atom. The molecule has 2 aliphatic rings. The summed E-state index contributed by atoms with van der Waals surface area (Å²) in [6, 6.07) is 7.91. The van der Waals surface area contributed by atoms with E-state index in [1.54, 1.807) is 10.8 Å². The Kier molecular flexibility index (Phi) is 4.07. The number of hydrogen-bond acceptors (Lipinski definition) is 2. The predicted molar refractivity (Wildman–Crippen MR) is 103 cm³/mol. The van der Waals surface area contributed by atoms with E-state index in [2.05, 4.69) is 6.92 Å². The fourth-order valence-corrected chi connectivity index (χ4v) is 5.18. The van der Waals surface area contributed by atoms with Crippen LogP contribution >= 0.6 is 0 Å². The second-order valence-corrected chi connectivity index (χ2v) is 8.39. The summed E-state index contributed by atoms with van der Waals surface area (Å²) in [4.78, 5) is 12.7. The molecule has 5 rings (SSSR count). The first-order valence-electron chi connectivity index (χ1n) is 10.1. The van der Waals surface area contributed by atoms with Gasteiger partial charge in [-0.15, -0.1) is 0 Å². The van der Waals surface area contributed by atoms with E-state index >= 15 is 4.39 Å². The first-order valence-corrected chi connectivity index (χ1v) is 10.1. The minimum atomic E-state index is -0.630. The molecular formula is C23H23F2N3O2+2. The van der Waals surface area contributed by atoms with Crippen molar-refractivity contribution in [3.8, 4) is 11.3 Å². The summed E-state index contributed by atoms with van der Waals surface area (Å²) in [5, 5.41) is 0. The van der Waals surface area contributed by atoms with Crippen LogP contribution in [-0.4, -0.2) is 16.6 Å². The minimum absolute atomic E-state index is 0.368. The molecule has 0 saturated heterocycles. The summed E-state index contributed by atoms with van der Waals surface area (Å²) in [5.41, 5.74) is 1.54. The molecule has 30 heavy (non-hydrogen) atoms. The summed E-state index contributed by atoms with van der Waals surface area (Å²) in [6.07, 6.45) is 5.60. The van der Waals surface area contributed by atoms with E-state index < -0.39 is 35.2 Å². The second kappa shape index (κ2) is 6.45. The Balaban J connectivity index is 1.75. The maximum Gasteiger partial charge on any atom is 0.382 e. The molecule has 3 aromatic rings.